The summed E-state index contributed by atoms with van der Waals surface area (Å²) in [5.41, 5.74) is 0.163. The van der Waals surface area contributed by atoms with E-state index in [0.717, 1.165) is 13.1 Å². The van der Waals surface area contributed by atoms with Crippen molar-refractivity contribution in [2.45, 2.75) is 40.2 Å². The third kappa shape index (κ3) is 6.76. The molecule has 148 valence electrons. The number of hydrogen-bond acceptors (Lipinski definition) is 7. The van der Waals surface area contributed by atoms with E-state index in [0.29, 0.717) is 37.3 Å². The van der Waals surface area contributed by atoms with Crippen LogP contribution in [-0.4, -0.2) is 67.0 Å². The van der Waals surface area contributed by atoms with Crippen LogP contribution in [0.4, 0.5) is 5.82 Å². The second-order valence-corrected chi connectivity index (χ2v) is 6.38. The number of aromatic nitrogens is 2. The van der Waals surface area contributed by atoms with Crippen molar-refractivity contribution in [1.82, 2.24) is 15.3 Å². The number of aliphatic hydroxyl groups is 1. The first-order valence-corrected chi connectivity index (χ1v) is 9.12. The third-order valence-electron chi connectivity index (χ3n) is 3.86. The number of rotatable bonds is 12. The van der Waals surface area contributed by atoms with E-state index in [-0.39, 0.29) is 24.2 Å². The van der Waals surface area contributed by atoms with Gasteiger partial charge in [-0.05, 0) is 26.2 Å². The maximum absolute atomic E-state index is 12.5. The van der Waals surface area contributed by atoms with Crippen molar-refractivity contribution < 1.29 is 19.4 Å². The van der Waals surface area contributed by atoms with E-state index in [1.54, 1.807) is 7.11 Å². The van der Waals surface area contributed by atoms with Gasteiger partial charge in [0.1, 0.15) is 6.61 Å². The zero-order valence-electron chi connectivity index (χ0n) is 16.5. The van der Waals surface area contributed by atoms with Gasteiger partial charge >= 0.3 is 0 Å². The highest BCUT2D eigenvalue weighted by molar-refractivity contribution is 5.92. The molecule has 0 unspecified atom stereocenters. The van der Waals surface area contributed by atoms with Crippen molar-refractivity contribution in [3.8, 4) is 5.88 Å². The predicted molar refractivity (Wildman–Crippen MR) is 101 cm³/mol. The average molecular weight is 368 g/mol. The summed E-state index contributed by atoms with van der Waals surface area (Å²) in [4.78, 5) is 23.2. The normalized spacial score (nSPS) is 12.1. The van der Waals surface area contributed by atoms with Crippen LogP contribution in [0, 0.1) is 5.92 Å². The summed E-state index contributed by atoms with van der Waals surface area (Å²) in [6.45, 7) is 10.2. The maximum Gasteiger partial charge on any atom is 0.271 e. The molecule has 0 radical (unpaired) electrons. The molecule has 0 bridgehead atoms. The van der Waals surface area contributed by atoms with E-state index >= 15 is 0 Å². The Morgan fingerprint density at radius 1 is 1.31 bits per heavy atom. The Balaban J connectivity index is 3.00. The van der Waals surface area contributed by atoms with Gasteiger partial charge in [0.15, 0.2) is 11.5 Å². The average Bonchev–Trinajstić information content (AvgIpc) is 2.62. The van der Waals surface area contributed by atoms with Crippen molar-refractivity contribution in [1.29, 1.82) is 0 Å². The minimum absolute atomic E-state index is 0.119. The lowest BCUT2D eigenvalue weighted by Crippen LogP contribution is -2.39. The van der Waals surface area contributed by atoms with E-state index in [4.69, 9.17) is 9.47 Å². The Kier molecular flexibility index (Phi) is 9.90. The molecule has 0 saturated carbocycles. The number of methoxy groups -OCH3 is 1. The number of nitrogens with zero attached hydrogens (tertiary/aromatic N) is 3. The third-order valence-corrected chi connectivity index (χ3v) is 3.86. The summed E-state index contributed by atoms with van der Waals surface area (Å²) in [5, 5.41) is 12.3. The standard InChI is InChI=1S/C18H32N4O4/c1-6-22(7-2)16-18(26-9-8-25-5)21-15(11-19-16)17(24)20-14(12-23)10-13(3)4/h11,13-14,23H,6-10,12H2,1-5H3,(H,20,24)/t14-/m0/s1. The van der Waals surface area contributed by atoms with Crippen LogP contribution in [0.15, 0.2) is 6.20 Å². The fourth-order valence-electron chi connectivity index (χ4n) is 2.54. The molecule has 0 aliphatic heterocycles. The van der Waals surface area contributed by atoms with Gasteiger partial charge in [-0.3, -0.25) is 4.79 Å². The summed E-state index contributed by atoms with van der Waals surface area (Å²) >= 11 is 0. The van der Waals surface area contributed by atoms with Crippen LogP contribution in [0.2, 0.25) is 0 Å². The molecular formula is C18H32N4O4. The van der Waals surface area contributed by atoms with Crippen LogP contribution in [0.1, 0.15) is 44.6 Å². The lowest BCUT2D eigenvalue weighted by Gasteiger charge is -2.22. The van der Waals surface area contributed by atoms with Gasteiger partial charge in [0.05, 0.1) is 25.5 Å². The van der Waals surface area contributed by atoms with Crippen molar-refractivity contribution in [3.63, 3.8) is 0 Å². The molecule has 1 atom stereocenters. The number of ether oxygens (including phenoxy) is 2. The van der Waals surface area contributed by atoms with Gasteiger partial charge in [0, 0.05) is 20.2 Å². The number of amides is 1. The summed E-state index contributed by atoms with van der Waals surface area (Å²) in [6.07, 6.45) is 2.13. The van der Waals surface area contributed by atoms with E-state index in [1.807, 2.05) is 32.6 Å². The van der Waals surface area contributed by atoms with Crippen LogP contribution in [0.25, 0.3) is 0 Å². The fourth-order valence-corrected chi connectivity index (χ4v) is 2.54. The van der Waals surface area contributed by atoms with Crippen molar-refractivity contribution in [2.75, 3.05) is 44.9 Å². The van der Waals surface area contributed by atoms with E-state index < -0.39 is 0 Å². The van der Waals surface area contributed by atoms with Crippen LogP contribution >= 0.6 is 0 Å². The molecule has 1 amide bonds. The molecule has 1 aromatic rings. The minimum atomic E-state index is -0.375. The van der Waals surface area contributed by atoms with Crippen LogP contribution in [0.3, 0.4) is 0 Å². The molecule has 8 heteroatoms. The summed E-state index contributed by atoms with van der Waals surface area (Å²) in [6, 6.07) is -0.315. The highest BCUT2D eigenvalue weighted by atomic mass is 16.5. The molecule has 1 rings (SSSR count). The van der Waals surface area contributed by atoms with Gasteiger partial charge in [-0.1, -0.05) is 13.8 Å². The van der Waals surface area contributed by atoms with Crippen molar-refractivity contribution >= 4 is 11.7 Å². The lowest BCUT2D eigenvalue weighted by molar-refractivity contribution is 0.0901. The summed E-state index contributed by atoms with van der Waals surface area (Å²) < 4.78 is 10.7. The largest absolute Gasteiger partial charge is 0.473 e. The molecular weight excluding hydrogens is 336 g/mol. The first-order chi connectivity index (χ1) is 12.5. The molecule has 0 fully saturated rings. The topological polar surface area (TPSA) is 96.8 Å². The number of carbonyl (C=O) groups is 1. The zero-order chi connectivity index (χ0) is 19.5. The van der Waals surface area contributed by atoms with Gasteiger partial charge in [-0.25, -0.2) is 9.97 Å². The van der Waals surface area contributed by atoms with Crippen LogP contribution in [0.5, 0.6) is 5.88 Å². The summed E-state index contributed by atoms with van der Waals surface area (Å²) in [5.74, 6) is 0.891. The molecule has 0 aliphatic rings. The molecule has 2 N–H and O–H groups in total. The van der Waals surface area contributed by atoms with E-state index in [1.165, 1.54) is 6.20 Å². The Morgan fingerprint density at radius 2 is 2.00 bits per heavy atom. The smallest absolute Gasteiger partial charge is 0.271 e. The predicted octanol–water partition coefficient (Wildman–Crippen LogP) is 1.48. The fraction of sp³-hybridized carbons (Fsp3) is 0.722. The number of nitrogens with one attached hydrogen (secondary N) is 1. The number of carbonyl (C=O) groups excluding carboxylic acids is 1. The van der Waals surface area contributed by atoms with Gasteiger partial charge in [0.25, 0.3) is 11.8 Å². The Labute approximate surface area is 155 Å². The highest BCUT2D eigenvalue weighted by Crippen LogP contribution is 2.23. The van der Waals surface area contributed by atoms with E-state index in [2.05, 4.69) is 15.3 Å². The SMILES string of the molecule is CCN(CC)c1ncc(C(=O)N[C@H](CO)CC(C)C)nc1OCCOC. The molecule has 0 saturated heterocycles. The maximum atomic E-state index is 12.5. The molecule has 0 aliphatic carbocycles. The Hall–Kier alpha value is -1.93. The lowest BCUT2D eigenvalue weighted by atomic mass is 10.0. The first-order valence-electron chi connectivity index (χ1n) is 9.12. The quantitative estimate of drug-likeness (QED) is 0.539. The monoisotopic (exact) mass is 368 g/mol. The van der Waals surface area contributed by atoms with Gasteiger partial charge < -0.3 is 24.8 Å². The Bertz CT molecular complexity index is 550. The van der Waals surface area contributed by atoms with Crippen molar-refractivity contribution in [3.05, 3.63) is 11.9 Å². The van der Waals surface area contributed by atoms with E-state index in [9.17, 15) is 9.90 Å². The van der Waals surface area contributed by atoms with Crippen LogP contribution < -0.4 is 15.0 Å². The minimum Gasteiger partial charge on any atom is -0.473 e. The van der Waals surface area contributed by atoms with Gasteiger partial charge in [-0.2, -0.15) is 0 Å². The second kappa shape index (κ2) is 11.6. The Morgan fingerprint density at radius 3 is 2.54 bits per heavy atom. The zero-order valence-corrected chi connectivity index (χ0v) is 16.5. The number of anilines is 1. The summed E-state index contributed by atoms with van der Waals surface area (Å²) in [7, 11) is 1.59. The molecule has 1 aromatic heterocycles. The molecule has 0 spiro atoms. The first kappa shape index (κ1) is 22.1. The number of aliphatic hydroxyl groups excluding tert-OH is 1. The van der Waals surface area contributed by atoms with Crippen molar-refractivity contribution in [2.24, 2.45) is 5.92 Å². The second-order valence-electron chi connectivity index (χ2n) is 6.38. The molecule has 26 heavy (non-hydrogen) atoms. The molecule has 0 aromatic carbocycles. The van der Waals surface area contributed by atoms with Gasteiger partial charge in [-0.15, -0.1) is 0 Å². The van der Waals surface area contributed by atoms with Gasteiger partial charge in [0.2, 0.25) is 0 Å². The number of hydrogen-bond donors (Lipinski definition) is 2. The highest BCUT2D eigenvalue weighted by Gasteiger charge is 2.20. The molecule has 1 heterocycles. The van der Waals surface area contributed by atoms with Crippen LogP contribution in [-0.2, 0) is 4.74 Å². The molecule has 8 nitrogen and oxygen atoms in total.